The Kier molecular flexibility index (Phi) is 4.69. The Hall–Kier alpha value is -1.67. The number of rotatable bonds is 5. The molecule has 8 nitrogen and oxygen atoms in total. The number of anilines is 3. The molecular weight excluding hydrogens is 246 g/mol. The van der Waals surface area contributed by atoms with Gasteiger partial charge in [-0.25, -0.2) is 5.84 Å². The first kappa shape index (κ1) is 13.8. The lowest BCUT2D eigenvalue weighted by Crippen LogP contribution is -2.37. The van der Waals surface area contributed by atoms with Crippen LogP contribution in [0.15, 0.2) is 0 Å². The molecule has 1 aromatic rings. The van der Waals surface area contributed by atoms with Crippen molar-refractivity contribution < 1.29 is 4.74 Å². The van der Waals surface area contributed by atoms with Gasteiger partial charge in [-0.3, -0.25) is 5.43 Å². The van der Waals surface area contributed by atoms with E-state index in [4.69, 9.17) is 10.6 Å². The normalized spacial score (nSPS) is 15.7. The van der Waals surface area contributed by atoms with Crippen molar-refractivity contribution in [1.82, 2.24) is 15.0 Å². The monoisotopic (exact) mass is 267 g/mol. The summed E-state index contributed by atoms with van der Waals surface area (Å²) in [6.07, 6.45) is 0. The van der Waals surface area contributed by atoms with E-state index in [1.165, 1.54) is 0 Å². The van der Waals surface area contributed by atoms with E-state index in [9.17, 15) is 0 Å². The van der Waals surface area contributed by atoms with Crippen LogP contribution < -0.4 is 21.5 Å². The fraction of sp³-hybridized carbons (Fsp3) is 0.727. The molecule has 2 heterocycles. The van der Waals surface area contributed by atoms with E-state index in [0.717, 1.165) is 19.6 Å². The van der Waals surface area contributed by atoms with Crippen LogP contribution >= 0.6 is 0 Å². The van der Waals surface area contributed by atoms with Gasteiger partial charge >= 0.3 is 0 Å². The highest BCUT2D eigenvalue weighted by atomic mass is 16.5. The van der Waals surface area contributed by atoms with Gasteiger partial charge in [-0.05, 0) is 5.92 Å². The van der Waals surface area contributed by atoms with Crippen LogP contribution in [-0.2, 0) is 4.74 Å². The molecule has 0 bridgehead atoms. The maximum atomic E-state index is 5.40. The summed E-state index contributed by atoms with van der Waals surface area (Å²) in [6.45, 7) is 7.97. The Morgan fingerprint density at radius 2 is 1.89 bits per heavy atom. The molecule has 0 atom stereocenters. The Morgan fingerprint density at radius 3 is 2.53 bits per heavy atom. The fourth-order valence-electron chi connectivity index (χ4n) is 1.71. The van der Waals surface area contributed by atoms with Crippen molar-refractivity contribution in [3.63, 3.8) is 0 Å². The summed E-state index contributed by atoms with van der Waals surface area (Å²) in [5.41, 5.74) is 2.47. The molecule has 1 aromatic heterocycles. The van der Waals surface area contributed by atoms with Gasteiger partial charge in [0.1, 0.15) is 0 Å². The van der Waals surface area contributed by atoms with E-state index in [2.05, 4.69) is 44.4 Å². The number of nitrogens with one attached hydrogen (secondary N) is 2. The first-order valence-corrected chi connectivity index (χ1v) is 6.48. The van der Waals surface area contributed by atoms with Crippen LogP contribution in [0.3, 0.4) is 0 Å². The molecule has 0 aliphatic carbocycles. The van der Waals surface area contributed by atoms with Crippen molar-refractivity contribution in [3.05, 3.63) is 0 Å². The average molecular weight is 267 g/mol. The molecule has 1 saturated heterocycles. The van der Waals surface area contributed by atoms with E-state index in [-0.39, 0.29) is 0 Å². The lowest BCUT2D eigenvalue weighted by molar-refractivity contribution is 0.122. The number of hydrogen-bond donors (Lipinski definition) is 3. The lowest BCUT2D eigenvalue weighted by atomic mass is 10.2. The maximum Gasteiger partial charge on any atom is 0.243 e. The molecule has 0 unspecified atom stereocenters. The first-order valence-electron chi connectivity index (χ1n) is 6.48. The predicted molar refractivity (Wildman–Crippen MR) is 74.0 cm³/mol. The van der Waals surface area contributed by atoms with Gasteiger partial charge in [0.25, 0.3) is 0 Å². The molecule has 4 N–H and O–H groups in total. The van der Waals surface area contributed by atoms with E-state index >= 15 is 0 Å². The van der Waals surface area contributed by atoms with Crippen LogP contribution in [0.1, 0.15) is 13.8 Å². The summed E-state index contributed by atoms with van der Waals surface area (Å²) in [7, 11) is 0. The molecule has 19 heavy (non-hydrogen) atoms. The lowest BCUT2D eigenvalue weighted by Gasteiger charge is -2.27. The molecule has 106 valence electrons. The van der Waals surface area contributed by atoms with Crippen molar-refractivity contribution in [2.45, 2.75) is 13.8 Å². The predicted octanol–water partition coefficient (Wildman–Crippen LogP) is 0.0617. The zero-order chi connectivity index (χ0) is 13.7. The highest BCUT2D eigenvalue weighted by Crippen LogP contribution is 2.14. The summed E-state index contributed by atoms with van der Waals surface area (Å²) in [5.74, 6) is 7.44. The summed E-state index contributed by atoms with van der Waals surface area (Å²) in [5, 5.41) is 3.18. The first-order chi connectivity index (χ1) is 9.19. The maximum absolute atomic E-state index is 5.40. The molecule has 0 amide bonds. The Morgan fingerprint density at radius 1 is 1.21 bits per heavy atom. The third-order valence-electron chi connectivity index (χ3n) is 2.72. The number of ether oxygens (including phenoxy) is 1. The summed E-state index contributed by atoms with van der Waals surface area (Å²) in [4.78, 5) is 14.9. The highest BCUT2D eigenvalue weighted by molar-refractivity contribution is 5.43. The number of nitrogen functional groups attached to an aromatic ring is 1. The number of hydrazine groups is 1. The van der Waals surface area contributed by atoms with Gasteiger partial charge in [0, 0.05) is 19.6 Å². The zero-order valence-electron chi connectivity index (χ0n) is 11.4. The minimum atomic E-state index is 0.364. The average Bonchev–Trinajstić information content (AvgIpc) is 2.45. The molecule has 1 fully saturated rings. The molecule has 1 aliphatic heterocycles. The number of morpholine rings is 1. The van der Waals surface area contributed by atoms with Crippen molar-refractivity contribution in [1.29, 1.82) is 0 Å². The molecule has 0 aromatic carbocycles. The van der Waals surface area contributed by atoms with E-state index in [0.29, 0.717) is 37.0 Å². The second-order valence-corrected chi connectivity index (χ2v) is 4.80. The van der Waals surface area contributed by atoms with E-state index < -0.39 is 0 Å². The molecule has 1 aliphatic rings. The van der Waals surface area contributed by atoms with E-state index in [1.54, 1.807) is 0 Å². The van der Waals surface area contributed by atoms with Crippen LogP contribution in [0, 0.1) is 5.92 Å². The largest absolute Gasteiger partial charge is 0.378 e. The Labute approximate surface area is 112 Å². The molecule has 0 spiro atoms. The third kappa shape index (κ3) is 3.90. The zero-order valence-corrected chi connectivity index (χ0v) is 11.4. The molecule has 8 heteroatoms. The Balaban J connectivity index is 2.14. The standard InChI is InChI=1S/C11H21N7O/c1-8(2)7-13-9-14-10(17-12)16-11(15-9)18-3-5-19-6-4-18/h8H,3-7,12H2,1-2H3,(H2,13,14,15,16,17). The highest BCUT2D eigenvalue weighted by Gasteiger charge is 2.16. The minimum absolute atomic E-state index is 0.364. The molecule has 0 radical (unpaired) electrons. The van der Waals surface area contributed by atoms with Crippen molar-refractivity contribution >= 4 is 17.8 Å². The number of hydrogen-bond acceptors (Lipinski definition) is 8. The topological polar surface area (TPSA) is 101 Å². The van der Waals surface area contributed by atoms with E-state index in [1.807, 2.05) is 0 Å². The second kappa shape index (κ2) is 6.48. The van der Waals surface area contributed by atoms with Crippen LogP contribution in [0.4, 0.5) is 17.8 Å². The van der Waals surface area contributed by atoms with Gasteiger partial charge in [-0.1, -0.05) is 13.8 Å². The molecular formula is C11H21N7O. The smallest absolute Gasteiger partial charge is 0.243 e. The third-order valence-corrected chi connectivity index (χ3v) is 2.72. The van der Waals surface area contributed by atoms with Crippen molar-refractivity contribution in [2.24, 2.45) is 11.8 Å². The second-order valence-electron chi connectivity index (χ2n) is 4.80. The summed E-state index contributed by atoms with van der Waals surface area (Å²) in [6, 6.07) is 0. The Bertz CT molecular complexity index is 406. The van der Waals surface area contributed by atoms with Crippen molar-refractivity contribution in [2.75, 3.05) is 48.5 Å². The van der Waals surface area contributed by atoms with Crippen LogP contribution in [0.25, 0.3) is 0 Å². The summed E-state index contributed by atoms with van der Waals surface area (Å²) < 4.78 is 5.32. The van der Waals surface area contributed by atoms with Gasteiger partial charge in [-0.2, -0.15) is 15.0 Å². The van der Waals surface area contributed by atoms with Gasteiger partial charge < -0.3 is 15.0 Å². The number of aromatic nitrogens is 3. The molecule has 0 saturated carbocycles. The quantitative estimate of drug-likeness (QED) is 0.508. The summed E-state index contributed by atoms with van der Waals surface area (Å²) >= 11 is 0. The fourth-order valence-corrected chi connectivity index (χ4v) is 1.71. The van der Waals surface area contributed by atoms with Gasteiger partial charge in [0.15, 0.2) is 0 Å². The van der Waals surface area contributed by atoms with Crippen LogP contribution in [0.2, 0.25) is 0 Å². The number of nitrogens with two attached hydrogens (primary N) is 1. The van der Waals surface area contributed by atoms with Crippen molar-refractivity contribution in [3.8, 4) is 0 Å². The number of nitrogens with zero attached hydrogens (tertiary/aromatic N) is 4. The minimum Gasteiger partial charge on any atom is -0.378 e. The molecule has 2 rings (SSSR count). The van der Waals surface area contributed by atoms with Gasteiger partial charge in [-0.15, -0.1) is 0 Å². The van der Waals surface area contributed by atoms with Gasteiger partial charge in [0.2, 0.25) is 17.8 Å². The van der Waals surface area contributed by atoms with Gasteiger partial charge in [0.05, 0.1) is 13.2 Å². The SMILES string of the molecule is CC(C)CNc1nc(NN)nc(N2CCOCC2)n1. The van der Waals surface area contributed by atoms with Crippen LogP contribution in [-0.4, -0.2) is 47.8 Å². The van der Waals surface area contributed by atoms with Crippen LogP contribution in [0.5, 0.6) is 0 Å².